The molecule has 5 atom stereocenters. The molecule has 1 saturated heterocycles. The van der Waals surface area contributed by atoms with Crippen molar-refractivity contribution in [2.24, 2.45) is 5.92 Å². The van der Waals surface area contributed by atoms with Crippen LogP contribution in [0.2, 0.25) is 5.02 Å². The smallest absolute Gasteiger partial charge is 0.494 e. The number of nitrogens with one attached hydrogen (secondary N) is 3. The van der Waals surface area contributed by atoms with Crippen molar-refractivity contribution in [3.63, 3.8) is 0 Å². The number of halogens is 4. The first kappa shape index (κ1) is 42.5. The molecule has 2 aliphatic heterocycles. The molecule has 2 aromatic heterocycles. The van der Waals surface area contributed by atoms with Crippen LogP contribution in [0.1, 0.15) is 57.8 Å². The quantitative estimate of drug-likeness (QED) is 0.144. The van der Waals surface area contributed by atoms with Gasteiger partial charge in [-0.2, -0.15) is 0 Å². The van der Waals surface area contributed by atoms with E-state index in [-0.39, 0.29) is 31.0 Å². The molecule has 0 spiro atoms. The van der Waals surface area contributed by atoms with Gasteiger partial charge in [-0.25, -0.2) is 18.4 Å². The number of pyridine rings is 1. The molecule has 3 N–H and O–H groups in total. The molecule has 14 nitrogen and oxygen atoms in total. The standard InChI is InChI=1S/C41H42ClF3N6O8S2/c1-57-34-20-46-36(30-17-25(42)11-16-29(30)34)58-27-18-33-35(52)49-40(38(54)50-61(55,56)28-14-15-28)19-24(40)7-5-3-2-4-6-8-31(37(53)51(33)21-27)47-39-48-32(22-60-39)23-9-12-26(13-10-23)59-41(43,44)45/h5,7,9-13,16-17,20,22,24,27-28,31,33H,2-4,6,8,14-15,18-19,21H2,1H3,(H,47,48)(H,49,52)(H,50,54)/b7-5-/t24-,27+,31-,33-,40+/m0/s1. The van der Waals surface area contributed by atoms with Crippen LogP contribution in [0.15, 0.2) is 66.2 Å². The van der Waals surface area contributed by atoms with Crippen molar-refractivity contribution in [3.05, 3.63) is 71.2 Å². The summed E-state index contributed by atoms with van der Waals surface area (Å²) in [7, 11) is -2.42. The Morgan fingerprint density at radius 2 is 1.85 bits per heavy atom. The minimum absolute atomic E-state index is 0.00802. The molecule has 8 rings (SSSR count). The van der Waals surface area contributed by atoms with Crippen molar-refractivity contribution in [2.45, 2.75) is 93.1 Å². The Balaban J connectivity index is 1.09. The number of nitrogens with zero attached hydrogens (tertiary/aromatic N) is 3. The zero-order chi connectivity index (χ0) is 43.1. The molecular formula is C41H42ClF3N6O8S2. The zero-order valence-corrected chi connectivity index (χ0v) is 35.1. The summed E-state index contributed by atoms with van der Waals surface area (Å²) < 4.78 is 82.2. The molecule has 2 aliphatic carbocycles. The number of hydrogen-bond acceptors (Lipinski definition) is 12. The fraction of sp³-hybridized carbons (Fsp3) is 0.439. The largest absolute Gasteiger partial charge is 0.573 e. The first-order chi connectivity index (χ1) is 29.1. The summed E-state index contributed by atoms with van der Waals surface area (Å²) in [6.45, 7) is -0.0427. The molecule has 0 radical (unpaired) electrons. The van der Waals surface area contributed by atoms with Gasteiger partial charge in [0.25, 0.3) is 5.91 Å². The predicted molar refractivity (Wildman–Crippen MR) is 221 cm³/mol. The maximum Gasteiger partial charge on any atom is 0.573 e. The third-order valence-corrected chi connectivity index (χ3v) is 14.1. The predicted octanol–water partition coefficient (Wildman–Crippen LogP) is 6.75. The number of anilines is 1. The molecule has 0 bridgehead atoms. The molecule has 4 aliphatic rings. The average Bonchev–Trinajstić information content (AvgIpc) is 4.10. The number of fused-ring (bicyclic) bond motifs is 3. The lowest BCUT2D eigenvalue weighted by Crippen LogP contribution is -2.57. The second-order valence-corrected chi connectivity index (χ2v) is 18.9. The summed E-state index contributed by atoms with van der Waals surface area (Å²) in [4.78, 5) is 53.7. The summed E-state index contributed by atoms with van der Waals surface area (Å²) in [5, 5.41) is 9.22. The molecule has 4 aromatic rings. The summed E-state index contributed by atoms with van der Waals surface area (Å²) >= 11 is 7.58. The van der Waals surface area contributed by atoms with Gasteiger partial charge in [0.2, 0.25) is 27.7 Å². The number of thiazole rings is 1. The van der Waals surface area contributed by atoms with Gasteiger partial charge in [-0.3, -0.25) is 19.1 Å². The molecule has 20 heteroatoms. The number of methoxy groups -OCH3 is 1. The van der Waals surface area contributed by atoms with E-state index in [2.05, 4.69) is 30.1 Å². The van der Waals surface area contributed by atoms with Crippen LogP contribution in [0.4, 0.5) is 18.3 Å². The minimum Gasteiger partial charge on any atom is -0.494 e. The fourth-order valence-electron chi connectivity index (χ4n) is 7.88. The van der Waals surface area contributed by atoms with Crippen LogP contribution in [-0.4, -0.2) is 90.0 Å². The number of rotatable bonds is 10. The van der Waals surface area contributed by atoms with E-state index in [1.54, 1.807) is 23.6 Å². The number of alkyl halides is 3. The Morgan fingerprint density at radius 1 is 1.07 bits per heavy atom. The maximum atomic E-state index is 14.8. The van der Waals surface area contributed by atoms with Gasteiger partial charge in [0.15, 0.2) is 5.13 Å². The molecule has 3 amide bonds. The van der Waals surface area contributed by atoms with E-state index in [4.69, 9.17) is 21.1 Å². The van der Waals surface area contributed by atoms with E-state index >= 15 is 0 Å². The van der Waals surface area contributed by atoms with Gasteiger partial charge < -0.3 is 29.7 Å². The first-order valence-corrected chi connectivity index (χ1v) is 22.7. The van der Waals surface area contributed by atoms with Crippen LogP contribution in [0.5, 0.6) is 17.4 Å². The summed E-state index contributed by atoms with van der Waals surface area (Å²) in [6, 6.07) is 8.42. The first-order valence-electron chi connectivity index (χ1n) is 19.8. The van der Waals surface area contributed by atoms with Crippen molar-refractivity contribution in [3.8, 4) is 28.6 Å². The summed E-state index contributed by atoms with van der Waals surface area (Å²) in [5.74, 6) is -2.04. The second-order valence-electron chi connectivity index (χ2n) is 15.6. The molecule has 3 fully saturated rings. The lowest BCUT2D eigenvalue weighted by Gasteiger charge is -2.29. The Kier molecular flexibility index (Phi) is 11.8. The summed E-state index contributed by atoms with van der Waals surface area (Å²) in [5.41, 5.74) is -0.557. The SMILES string of the molecule is COc1cnc(O[C@@H]2C[C@H]3C(=O)N[C@]4(C(=O)NS(=O)(=O)C5CC5)C[C@@H]4/C=C\CCCCC[C@H](Nc4nc(-c5ccc(OC(F)(F)F)cc5)cs4)C(=O)N3C2)c2cc(Cl)ccc12. The topological polar surface area (TPSA) is 178 Å². The van der Waals surface area contributed by atoms with E-state index in [1.807, 2.05) is 12.2 Å². The highest BCUT2D eigenvalue weighted by atomic mass is 35.5. The van der Waals surface area contributed by atoms with Crippen LogP contribution in [-0.2, 0) is 24.4 Å². The molecule has 0 unspecified atom stereocenters. The van der Waals surface area contributed by atoms with E-state index in [0.717, 1.165) is 12.8 Å². The number of benzene rings is 2. The number of hydrogen-bond donors (Lipinski definition) is 3. The van der Waals surface area contributed by atoms with Crippen LogP contribution in [0.25, 0.3) is 22.0 Å². The number of ether oxygens (including phenoxy) is 3. The van der Waals surface area contributed by atoms with E-state index in [1.165, 1.54) is 53.8 Å². The monoisotopic (exact) mass is 902 g/mol. The van der Waals surface area contributed by atoms with Crippen LogP contribution < -0.4 is 29.6 Å². The van der Waals surface area contributed by atoms with Gasteiger partial charge in [-0.1, -0.05) is 36.6 Å². The third kappa shape index (κ3) is 9.52. The molecule has 2 aromatic carbocycles. The van der Waals surface area contributed by atoms with E-state index in [0.29, 0.717) is 70.0 Å². The summed E-state index contributed by atoms with van der Waals surface area (Å²) in [6.07, 6.45) is 3.98. The number of allylic oxidation sites excluding steroid dienone is 1. The van der Waals surface area contributed by atoms with Crippen LogP contribution in [0.3, 0.4) is 0 Å². The number of aromatic nitrogens is 2. The van der Waals surface area contributed by atoms with Gasteiger partial charge in [0.1, 0.15) is 35.2 Å². The normalized spacial score (nSPS) is 25.3. The van der Waals surface area contributed by atoms with Crippen LogP contribution >= 0.6 is 22.9 Å². The van der Waals surface area contributed by atoms with Crippen molar-refractivity contribution < 1.29 is 50.2 Å². The van der Waals surface area contributed by atoms with Crippen molar-refractivity contribution in [1.82, 2.24) is 24.9 Å². The third-order valence-electron chi connectivity index (χ3n) is 11.3. The lowest BCUT2D eigenvalue weighted by atomic mass is 10.1. The zero-order valence-electron chi connectivity index (χ0n) is 32.7. The van der Waals surface area contributed by atoms with Gasteiger partial charge in [-0.15, -0.1) is 24.5 Å². The van der Waals surface area contributed by atoms with E-state index < -0.39 is 69.0 Å². The Bertz CT molecular complexity index is 2470. The van der Waals surface area contributed by atoms with Gasteiger partial charge >= 0.3 is 6.36 Å². The number of amides is 3. The Hall–Kier alpha value is -5.14. The Labute approximate surface area is 358 Å². The number of carbonyl (C=O) groups is 3. The van der Waals surface area contributed by atoms with Crippen molar-refractivity contribution >= 4 is 66.6 Å². The number of sulfonamides is 1. The lowest BCUT2D eigenvalue weighted by molar-refractivity contribution is -0.274. The van der Waals surface area contributed by atoms with Crippen LogP contribution in [0, 0.1) is 5.92 Å². The highest BCUT2D eigenvalue weighted by molar-refractivity contribution is 7.91. The average molecular weight is 903 g/mol. The van der Waals surface area contributed by atoms with E-state index in [9.17, 15) is 36.0 Å². The molecule has 61 heavy (non-hydrogen) atoms. The molecular weight excluding hydrogens is 861 g/mol. The molecule has 4 heterocycles. The van der Waals surface area contributed by atoms with Crippen molar-refractivity contribution in [1.29, 1.82) is 0 Å². The van der Waals surface area contributed by atoms with Gasteiger partial charge in [-0.05, 0) is 81.0 Å². The fourth-order valence-corrected chi connectivity index (χ4v) is 10.2. The molecule has 2 saturated carbocycles. The highest BCUT2D eigenvalue weighted by Crippen LogP contribution is 2.46. The van der Waals surface area contributed by atoms with Gasteiger partial charge in [0.05, 0.1) is 30.8 Å². The second kappa shape index (κ2) is 17.0. The Morgan fingerprint density at radius 3 is 2.59 bits per heavy atom. The highest BCUT2D eigenvalue weighted by Gasteiger charge is 2.62. The molecule has 324 valence electrons. The van der Waals surface area contributed by atoms with Gasteiger partial charge in [0, 0.05) is 39.1 Å². The van der Waals surface area contributed by atoms with Crippen molar-refractivity contribution in [2.75, 3.05) is 19.0 Å². The minimum atomic E-state index is -4.83. The number of carbonyl (C=O) groups excluding carboxylic acids is 3. The maximum absolute atomic E-state index is 14.8.